The third-order valence-corrected chi connectivity index (χ3v) is 2.91. The second kappa shape index (κ2) is 6.76. The van der Waals surface area contributed by atoms with E-state index >= 15 is 0 Å². The van der Waals surface area contributed by atoms with E-state index in [-0.39, 0.29) is 23.7 Å². The van der Waals surface area contributed by atoms with Crippen molar-refractivity contribution in [3.63, 3.8) is 0 Å². The van der Waals surface area contributed by atoms with Gasteiger partial charge in [0, 0.05) is 12.7 Å². The predicted molar refractivity (Wildman–Crippen MR) is 74.4 cm³/mol. The van der Waals surface area contributed by atoms with Gasteiger partial charge in [-0.05, 0) is 24.1 Å². The van der Waals surface area contributed by atoms with Gasteiger partial charge in [-0.2, -0.15) is 0 Å². The van der Waals surface area contributed by atoms with Crippen molar-refractivity contribution in [1.82, 2.24) is 10.3 Å². The van der Waals surface area contributed by atoms with Crippen molar-refractivity contribution >= 4 is 11.7 Å². The number of hydrogen-bond donors (Lipinski definition) is 3. The molecule has 0 saturated carbocycles. The number of aromatic nitrogens is 1. The van der Waals surface area contributed by atoms with Crippen LogP contribution in [0.5, 0.6) is 0 Å². The summed E-state index contributed by atoms with van der Waals surface area (Å²) in [7, 11) is 0. The molecule has 0 spiro atoms. The van der Waals surface area contributed by atoms with Gasteiger partial charge in [-0.3, -0.25) is 4.79 Å². The van der Waals surface area contributed by atoms with E-state index in [1.54, 1.807) is 18.2 Å². The Bertz CT molecular complexity index is 649. The molecule has 1 amide bonds. The summed E-state index contributed by atoms with van der Waals surface area (Å²) < 4.78 is 27.2. The lowest BCUT2D eigenvalue weighted by molar-refractivity contribution is 0.0950. The molecule has 1 aromatic carbocycles. The molecule has 7 heteroatoms. The number of pyridine rings is 1. The normalized spacial score (nSPS) is 10.2. The minimum Gasteiger partial charge on any atom is -0.352 e. The van der Waals surface area contributed by atoms with E-state index in [0.29, 0.717) is 12.0 Å². The molecule has 0 bridgehead atoms. The molecule has 0 aliphatic rings. The molecule has 0 saturated heterocycles. The first kappa shape index (κ1) is 14.9. The van der Waals surface area contributed by atoms with Crippen LogP contribution in [0.2, 0.25) is 0 Å². The van der Waals surface area contributed by atoms with Gasteiger partial charge < -0.3 is 10.7 Å². The van der Waals surface area contributed by atoms with Crippen molar-refractivity contribution in [2.75, 3.05) is 12.0 Å². The number of nitrogens with zero attached hydrogens (tertiary/aromatic N) is 1. The van der Waals surface area contributed by atoms with E-state index < -0.39 is 11.7 Å². The lowest BCUT2D eigenvalue weighted by Gasteiger charge is -2.08. The van der Waals surface area contributed by atoms with Crippen molar-refractivity contribution in [2.24, 2.45) is 5.84 Å². The number of rotatable bonds is 5. The zero-order valence-corrected chi connectivity index (χ0v) is 11.1. The van der Waals surface area contributed by atoms with Gasteiger partial charge in [0.1, 0.15) is 5.82 Å². The van der Waals surface area contributed by atoms with Crippen molar-refractivity contribution < 1.29 is 13.6 Å². The van der Waals surface area contributed by atoms with E-state index in [1.165, 1.54) is 18.3 Å². The Morgan fingerprint density at radius 2 is 2.00 bits per heavy atom. The molecule has 110 valence electrons. The standard InChI is InChI=1S/C14H14F2N4O/c15-11-4-2-1-3-9(11)5-7-19-14(21)10-6-8-18-13(20-17)12(10)16/h1-4,6,8H,5,7,17H2,(H,18,20)(H,19,21). The highest BCUT2D eigenvalue weighted by Crippen LogP contribution is 2.13. The molecule has 21 heavy (non-hydrogen) atoms. The molecule has 4 N–H and O–H groups in total. The maximum absolute atomic E-state index is 13.8. The molecular weight excluding hydrogens is 278 g/mol. The number of halogens is 2. The van der Waals surface area contributed by atoms with Crippen LogP contribution >= 0.6 is 0 Å². The van der Waals surface area contributed by atoms with Crippen LogP contribution in [0.15, 0.2) is 36.5 Å². The minimum atomic E-state index is -0.830. The second-order valence-electron chi connectivity index (χ2n) is 4.26. The maximum Gasteiger partial charge on any atom is 0.254 e. The number of nitrogens with two attached hydrogens (primary N) is 1. The van der Waals surface area contributed by atoms with Crippen LogP contribution in [0.25, 0.3) is 0 Å². The van der Waals surface area contributed by atoms with Crippen LogP contribution in [-0.4, -0.2) is 17.4 Å². The zero-order valence-electron chi connectivity index (χ0n) is 11.1. The summed E-state index contributed by atoms with van der Waals surface area (Å²) in [6.45, 7) is 0.187. The van der Waals surface area contributed by atoms with E-state index in [4.69, 9.17) is 5.84 Å². The molecule has 0 fully saturated rings. The lowest BCUT2D eigenvalue weighted by atomic mass is 10.1. The first-order valence-corrected chi connectivity index (χ1v) is 6.26. The lowest BCUT2D eigenvalue weighted by Crippen LogP contribution is -2.27. The molecule has 1 aromatic heterocycles. The summed E-state index contributed by atoms with van der Waals surface area (Å²) in [6, 6.07) is 7.52. The SMILES string of the molecule is NNc1nccc(C(=O)NCCc2ccccc2F)c1F. The predicted octanol–water partition coefficient (Wildman–Crippen LogP) is 1.62. The average Bonchev–Trinajstić information content (AvgIpc) is 2.49. The highest BCUT2D eigenvalue weighted by molar-refractivity contribution is 5.95. The van der Waals surface area contributed by atoms with E-state index in [1.807, 2.05) is 0 Å². The number of hydrogen-bond acceptors (Lipinski definition) is 4. The van der Waals surface area contributed by atoms with Crippen LogP contribution in [0, 0.1) is 11.6 Å². The molecule has 0 atom stereocenters. The Morgan fingerprint density at radius 1 is 1.24 bits per heavy atom. The number of carbonyl (C=O) groups is 1. The van der Waals surface area contributed by atoms with Gasteiger partial charge in [0.05, 0.1) is 5.56 Å². The van der Waals surface area contributed by atoms with Crippen LogP contribution in [0.3, 0.4) is 0 Å². The van der Waals surface area contributed by atoms with Gasteiger partial charge in [0.15, 0.2) is 11.6 Å². The number of amides is 1. The number of nitrogens with one attached hydrogen (secondary N) is 2. The second-order valence-corrected chi connectivity index (χ2v) is 4.26. The molecule has 0 aliphatic heterocycles. The van der Waals surface area contributed by atoms with Gasteiger partial charge in [-0.25, -0.2) is 19.6 Å². The number of carbonyl (C=O) groups excluding carboxylic acids is 1. The third kappa shape index (κ3) is 3.51. The summed E-state index contributed by atoms with van der Waals surface area (Å²) in [5.74, 6) is 3.10. The Labute approximate surface area is 120 Å². The fourth-order valence-electron chi connectivity index (χ4n) is 1.83. The van der Waals surface area contributed by atoms with Gasteiger partial charge in [0.2, 0.25) is 0 Å². The molecule has 2 rings (SSSR count). The Balaban J connectivity index is 1.98. The molecule has 0 radical (unpaired) electrons. The van der Waals surface area contributed by atoms with Gasteiger partial charge >= 0.3 is 0 Å². The van der Waals surface area contributed by atoms with Crippen LogP contribution in [-0.2, 0) is 6.42 Å². The van der Waals surface area contributed by atoms with Crippen LogP contribution in [0.1, 0.15) is 15.9 Å². The topological polar surface area (TPSA) is 80.0 Å². The molecule has 0 unspecified atom stereocenters. The van der Waals surface area contributed by atoms with E-state index in [2.05, 4.69) is 15.7 Å². The number of anilines is 1. The molecular formula is C14H14F2N4O. The quantitative estimate of drug-likeness (QED) is 0.578. The fourth-order valence-corrected chi connectivity index (χ4v) is 1.83. The number of benzene rings is 1. The van der Waals surface area contributed by atoms with Crippen LogP contribution in [0.4, 0.5) is 14.6 Å². The Kier molecular flexibility index (Phi) is 4.78. The first-order valence-electron chi connectivity index (χ1n) is 6.26. The maximum atomic E-state index is 13.8. The summed E-state index contributed by atoms with van der Waals surface area (Å²) in [5.41, 5.74) is 2.37. The van der Waals surface area contributed by atoms with Gasteiger partial charge in [-0.1, -0.05) is 18.2 Å². The van der Waals surface area contributed by atoms with Crippen LogP contribution < -0.4 is 16.6 Å². The number of nitrogen functional groups attached to an aromatic ring is 1. The van der Waals surface area contributed by atoms with Crippen molar-refractivity contribution in [3.05, 3.63) is 59.3 Å². The molecule has 5 nitrogen and oxygen atoms in total. The zero-order chi connectivity index (χ0) is 15.2. The van der Waals surface area contributed by atoms with E-state index in [9.17, 15) is 13.6 Å². The summed E-state index contributed by atoms with van der Waals surface area (Å²) >= 11 is 0. The van der Waals surface area contributed by atoms with Crippen molar-refractivity contribution in [1.29, 1.82) is 0 Å². The molecule has 1 heterocycles. The third-order valence-electron chi connectivity index (χ3n) is 2.91. The minimum absolute atomic E-state index is 0.175. The Hall–Kier alpha value is -2.54. The summed E-state index contributed by atoms with van der Waals surface area (Å²) in [6.07, 6.45) is 1.58. The Morgan fingerprint density at radius 3 is 2.71 bits per heavy atom. The smallest absolute Gasteiger partial charge is 0.254 e. The number of hydrazine groups is 1. The molecule has 0 aliphatic carbocycles. The van der Waals surface area contributed by atoms with Crippen molar-refractivity contribution in [2.45, 2.75) is 6.42 Å². The first-order chi connectivity index (χ1) is 10.1. The molecule has 2 aromatic rings. The highest BCUT2D eigenvalue weighted by atomic mass is 19.1. The monoisotopic (exact) mass is 292 g/mol. The summed E-state index contributed by atoms with van der Waals surface area (Å²) in [4.78, 5) is 15.5. The largest absolute Gasteiger partial charge is 0.352 e. The highest BCUT2D eigenvalue weighted by Gasteiger charge is 2.15. The van der Waals surface area contributed by atoms with Gasteiger partial charge in [0.25, 0.3) is 5.91 Å². The van der Waals surface area contributed by atoms with E-state index in [0.717, 1.165) is 0 Å². The summed E-state index contributed by atoms with van der Waals surface area (Å²) in [5, 5.41) is 2.52. The average molecular weight is 292 g/mol. The van der Waals surface area contributed by atoms with Crippen molar-refractivity contribution in [3.8, 4) is 0 Å². The van der Waals surface area contributed by atoms with Gasteiger partial charge in [-0.15, -0.1) is 0 Å². The fraction of sp³-hybridized carbons (Fsp3) is 0.143.